The monoisotopic (exact) mass is 297 g/mol. The van der Waals surface area contributed by atoms with E-state index in [2.05, 4.69) is 13.0 Å². The molecule has 0 bridgehead atoms. The summed E-state index contributed by atoms with van der Waals surface area (Å²) in [5.41, 5.74) is 1.37. The van der Waals surface area contributed by atoms with Crippen molar-refractivity contribution in [2.45, 2.75) is 26.3 Å². The average molecular weight is 297 g/mol. The minimum absolute atomic E-state index is 0.144. The lowest BCUT2D eigenvalue weighted by molar-refractivity contribution is -0.128. The number of rotatable bonds is 4. The highest BCUT2D eigenvalue weighted by molar-refractivity contribution is 5.97. The molecule has 1 aromatic rings. The summed E-state index contributed by atoms with van der Waals surface area (Å²) in [7, 11) is 1.88. The van der Waals surface area contributed by atoms with Crippen molar-refractivity contribution >= 4 is 5.91 Å². The molecule has 4 heteroatoms. The first kappa shape index (κ1) is 16.1. The van der Waals surface area contributed by atoms with Crippen molar-refractivity contribution in [1.29, 1.82) is 5.26 Å². The molecule has 0 unspecified atom stereocenters. The molecule has 1 aliphatic heterocycles. The first-order chi connectivity index (χ1) is 10.6. The second-order valence-electron chi connectivity index (χ2n) is 6.03. The van der Waals surface area contributed by atoms with Gasteiger partial charge in [-0.05, 0) is 24.3 Å². The zero-order valence-corrected chi connectivity index (χ0v) is 13.3. The second-order valence-corrected chi connectivity index (χ2v) is 6.03. The van der Waals surface area contributed by atoms with E-state index >= 15 is 0 Å². The van der Waals surface area contributed by atoms with Gasteiger partial charge in [0.25, 0.3) is 5.91 Å². The fourth-order valence-corrected chi connectivity index (χ4v) is 2.65. The molecule has 0 spiro atoms. The SMILES string of the molecule is CC1CCN(C(=O)/C(C#N)=C\N(C)Cc2ccccc2)CC1. The second kappa shape index (κ2) is 7.65. The number of likely N-dealkylation sites (tertiary alicyclic amines) is 1. The minimum Gasteiger partial charge on any atom is -0.375 e. The van der Waals surface area contributed by atoms with Crippen molar-refractivity contribution in [3.05, 3.63) is 47.7 Å². The summed E-state index contributed by atoms with van der Waals surface area (Å²) in [6.07, 6.45) is 3.70. The third-order valence-corrected chi connectivity index (χ3v) is 4.05. The van der Waals surface area contributed by atoms with Crippen LogP contribution >= 0.6 is 0 Å². The maximum atomic E-state index is 12.4. The van der Waals surface area contributed by atoms with Gasteiger partial charge in [-0.15, -0.1) is 0 Å². The van der Waals surface area contributed by atoms with E-state index in [9.17, 15) is 10.1 Å². The van der Waals surface area contributed by atoms with E-state index in [1.165, 1.54) is 0 Å². The van der Waals surface area contributed by atoms with Crippen molar-refractivity contribution in [3.8, 4) is 6.07 Å². The Morgan fingerprint density at radius 3 is 2.59 bits per heavy atom. The summed E-state index contributed by atoms with van der Waals surface area (Å²) >= 11 is 0. The maximum Gasteiger partial charge on any atom is 0.266 e. The minimum atomic E-state index is -0.144. The van der Waals surface area contributed by atoms with Gasteiger partial charge in [-0.2, -0.15) is 5.26 Å². The van der Waals surface area contributed by atoms with Gasteiger partial charge in [0, 0.05) is 32.9 Å². The van der Waals surface area contributed by atoms with Gasteiger partial charge < -0.3 is 9.80 Å². The standard InChI is InChI=1S/C18H23N3O/c1-15-8-10-21(11-9-15)18(22)17(12-19)14-20(2)13-16-6-4-3-5-7-16/h3-7,14-15H,8-11,13H2,1-2H3/b17-14-. The molecule has 22 heavy (non-hydrogen) atoms. The van der Waals surface area contributed by atoms with Gasteiger partial charge in [-0.3, -0.25) is 4.79 Å². The molecule has 0 atom stereocenters. The van der Waals surface area contributed by atoms with Crippen molar-refractivity contribution in [3.63, 3.8) is 0 Å². The molecule has 0 N–H and O–H groups in total. The third kappa shape index (κ3) is 4.36. The van der Waals surface area contributed by atoms with Gasteiger partial charge in [0.15, 0.2) is 0 Å². The highest BCUT2D eigenvalue weighted by atomic mass is 16.2. The summed E-state index contributed by atoms with van der Waals surface area (Å²) in [4.78, 5) is 16.1. The first-order valence-corrected chi connectivity index (χ1v) is 7.75. The molecular formula is C18H23N3O. The number of carbonyl (C=O) groups excluding carboxylic acids is 1. The van der Waals surface area contributed by atoms with E-state index < -0.39 is 0 Å². The van der Waals surface area contributed by atoms with Crippen LogP contribution in [0.2, 0.25) is 0 Å². The molecule has 1 fully saturated rings. The lowest BCUT2D eigenvalue weighted by Crippen LogP contribution is -2.38. The van der Waals surface area contributed by atoms with Crippen LogP contribution in [-0.2, 0) is 11.3 Å². The quantitative estimate of drug-likeness (QED) is 0.634. The fourth-order valence-electron chi connectivity index (χ4n) is 2.65. The Labute approximate surface area is 132 Å². The highest BCUT2D eigenvalue weighted by Gasteiger charge is 2.23. The Morgan fingerprint density at radius 1 is 1.36 bits per heavy atom. The molecule has 0 radical (unpaired) electrons. The number of nitriles is 1. The van der Waals surface area contributed by atoms with Gasteiger partial charge in [0.1, 0.15) is 11.6 Å². The van der Waals surface area contributed by atoms with Gasteiger partial charge in [0.05, 0.1) is 0 Å². The lowest BCUT2D eigenvalue weighted by Gasteiger charge is -2.30. The van der Waals surface area contributed by atoms with Gasteiger partial charge in [-0.25, -0.2) is 0 Å². The number of piperidine rings is 1. The predicted octanol–water partition coefficient (Wildman–Crippen LogP) is 2.78. The van der Waals surface area contributed by atoms with Crippen LogP contribution < -0.4 is 0 Å². The Kier molecular flexibility index (Phi) is 5.60. The third-order valence-electron chi connectivity index (χ3n) is 4.05. The van der Waals surface area contributed by atoms with Crippen LogP contribution in [0.5, 0.6) is 0 Å². The number of hydrogen-bond acceptors (Lipinski definition) is 3. The highest BCUT2D eigenvalue weighted by Crippen LogP contribution is 2.18. The lowest BCUT2D eigenvalue weighted by atomic mass is 9.99. The number of benzene rings is 1. The molecule has 1 heterocycles. The Morgan fingerprint density at radius 2 is 2.00 bits per heavy atom. The normalized spacial score (nSPS) is 16.2. The number of amides is 1. The van der Waals surface area contributed by atoms with Crippen molar-refractivity contribution in [2.24, 2.45) is 5.92 Å². The summed E-state index contributed by atoms with van der Waals surface area (Å²) in [5, 5.41) is 9.30. The Bertz CT molecular complexity index is 566. The first-order valence-electron chi connectivity index (χ1n) is 7.75. The van der Waals surface area contributed by atoms with Crippen LogP contribution in [0, 0.1) is 17.2 Å². The van der Waals surface area contributed by atoms with E-state index in [4.69, 9.17) is 0 Å². The maximum absolute atomic E-state index is 12.4. The van der Waals surface area contributed by atoms with Crippen molar-refractivity contribution in [2.75, 3.05) is 20.1 Å². The van der Waals surface area contributed by atoms with E-state index in [0.717, 1.165) is 31.5 Å². The van der Waals surface area contributed by atoms with Crippen LogP contribution in [0.25, 0.3) is 0 Å². The van der Waals surface area contributed by atoms with Crippen molar-refractivity contribution in [1.82, 2.24) is 9.80 Å². The zero-order valence-electron chi connectivity index (χ0n) is 13.3. The molecule has 0 aromatic heterocycles. The fraction of sp³-hybridized carbons (Fsp3) is 0.444. The topological polar surface area (TPSA) is 47.3 Å². The van der Waals surface area contributed by atoms with Crippen LogP contribution in [0.1, 0.15) is 25.3 Å². The van der Waals surface area contributed by atoms with Gasteiger partial charge in [0.2, 0.25) is 0 Å². The summed E-state index contributed by atoms with van der Waals surface area (Å²) in [5.74, 6) is 0.522. The van der Waals surface area contributed by atoms with Gasteiger partial charge >= 0.3 is 0 Å². The van der Waals surface area contributed by atoms with Crippen LogP contribution in [0.4, 0.5) is 0 Å². The summed E-state index contributed by atoms with van der Waals surface area (Å²) < 4.78 is 0. The molecular weight excluding hydrogens is 274 g/mol. The van der Waals surface area contributed by atoms with Gasteiger partial charge in [-0.1, -0.05) is 37.3 Å². The van der Waals surface area contributed by atoms with Crippen LogP contribution in [-0.4, -0.2) is 35.8 Å². The zero-order chi connectivity index (χ0) is 15.9. The number of nitrogens with zero attached hydrogens (tertiary/aromatic N) is 3. The molecule has 116 valence electrons. The average Bonchev–Trinajstić information content (AvgIpc) is 2.53. The van der Waals surface area contributed by atoms with E-state index in [0.29, 0.717) is 12.5 Å². The molecule has 4 nitrogen and oxygen atoms in total. The molecule has 1 aromatic carbocycles. The smallest absolute Gasteiger partial charge is 0.266 e. The predicted molar refractivity (Wildman–Crippen MR) is 86.6 cm³/mol. The van der Waals surface area contributed by atoms with Crippen LogP contribution in [0.15, 0.2) is 42.1 Å². The van der Waals surface area contributed by atoms with Crippen molar-refractivity contribution < 1.29 is 4.79 Å². The Hall–Kier alpha value is -2.28. The molecule has 0 aliphatic carbocycles. The van der Waals surface area contributed by atoms with E-state index in [1.807, 2.05) is 42.3 Å². The number of hydrogen-bond donors (Lipinski definition) is 0. The summed E-state index contributed by atoms with van der Waals surface area (Å²) in [6.45, 7) is 4.38. The Balaban J connectivity index is 2.00. The summed E-state index contributed by atoms with van der Waals surface area (Å²) in [6, 6.07) is 12.1. The van der Waals surface area contributed by atoms with E-state index in [1.54, 1.807) is 11.1 Å². The molecule has 1 saturated heterocycles. The molecule has 2 rings (SSSR count). The largest absolute Gasteiger partial charge is 0.375 e. The number of carbonyl (C=O) groups is 1. The molecule has 1 amide bonds. The van der Waals surface area contributed by atoms with E-state index in [-0.39, 0.29) is 11.5 Å². The molecule has 1 aliphatic rings. The molecule has 0 saturated carbocycles. The van der Waals surface area contributed by atoms with Crippen LogP contribution in [0.3, 0.4) is 0 Å².